The molecule has 19 heavy (non-hydrogen) atoms. The zero-order chi connectivity index (χ0) is 13.5. The molecule has 1 aromatic heterocycles. The van der Waals surface area contributed by atoms with Gasteiger partial charge in [-0.1, -0.05) is 11.6 Å². The molecule has 0 unspecified atom stereocenters. The molecule has 2 heterocycles. The zero-order valence-corrected chi connectivity index (χ0v) is 12.1. The predicted molar refractivity (Wildman–Crippen MR) is 76.5 cm³/mol. The van der Waals surface area contributed by atoms with Crippen LogP contribution in [0, 0.1) is 0 Å². The fourth-order valence-corrected chi connectivity index (χ4v) is 2.35. The minimum Gasteiger partial charge on any atom is -0.351 e. The van der Waals surface area contributed by atoms with Crippen LogP contribution in [0.2, 0.25) is 0 Å². The number of hydrogen-bond acceptors (Lipinski definition) is 5. The van der Waals surface area contributed by atoms with Gasteiger partial charge in [-0.3, -0.25) is 4.79 Å². The van der Waals surface area contributed by atoms with E-state index in [9.17, 15) is 4.79 Å². The number of carbonyl (C=O) groups is 1. The zero-order valence-electron chi connectivity index (χ0n) is 11.3. The van der Waals surface area contributed by atoms with Crippen molar-refractivity contribution in [1.82, 2.24) is 25.6 Å². The Kier molecular flexibility index (Phi) is 5.65. The van der Waals surface area contributed by atoms with Crippen molar-refractivity contribution in [3.8, 4) is 0 Å². The lowest BCUT2D eigenvalue weighted by atomic mass is 10.2. The molecule has 0 bridgehead atoms. The van der Waals surface area contributed by atoms with E-state index in [2.05, 4.69) is 27.2 Å². The van der Waals surface area contributed by atoms with Crippen LogP contribution in [0.15, 0.2) is 6.20 Å². The quantitative estimate of drug-likeness (QED) is 0.687. The molecule has 1 aliphatic rings. The summed E-state index contributed by atoms with van der Waals surface area (Å²) in [5.74, 6) is 1.07. The van der Waals surface area contributed by atoms with Crippen molar-refractivity contribution in [2.24, 2.45) is 0 Å². The van der Waals surface area contributed by atoms with Crippen LogP contribution in [0.25, 0.3) is 0 Å². The van der Waals surface area contributed by atoms with Crippen LogP contribution in [0.3, 0.4) is 0 Å². The lowest BCUT2D eigenvalue weighted by Gasteiger charge is -2.26. The summed E-state index contributed by atoms with van der Waals surface area (Å²) in [5.41, 5.74) is 0.413. The molecule has 2 N–H and O–H groups in total. The Morgan fingerprint density at radius 2 is 2.37 bits per heavy atom. The Labute approximate surface area is 117 Å². The second-order valence-electron chi connectivity index (χ2n) is 4.71. The third-order valence-corrected chi connectivity index (χ3v) is 3.88. The van der Waals surface area contributed by atoms with Crippen molar-refractivity contribution in [3.05, 3.63) is 11.9 Å². The highest BCUT2D eigenvalue weighted by molar-refractivity contribution is 7.98. The SMILES string of the molecule is CSCCCCCNC(=O)c1cn(C2CNC2)nn1. The van der Waals surface area contributed by atoms with Crippen LogP contribution in [0.5, 0.6) is 0 Å². The van der Waals surface area contributed by atoms with Crippen molar-refractivity contribution in [3.63, 3.8) is 0 Å². The van der Waals surface area contributed by atoms with E-state index in [0.717, 1.165) is 25.9 Å². The van der Waals surface area contributed by atoms with Gasteiger partial charge in [0.15, 0.2) is 5.69 Å². The molecule has 1 fully saturated rings. The number of nitrogens with one attached hydrogen (secondary N) is 2. The molecule has 1 amide bonds. The molecule has 0 atom stereocenters. The number of amides is 1. The number of carbonyl (C=O) groups excluding carboxylic acids is 1. The minimum atomic E-state index is -0.122. The minimum absolute atomic E-state index is 0.122. The van der Waals surface area contributed by atoms with Gasteiger partial charge < -0.3 is 10.6 Å². The first-order chi connectivity index (χ1) is 9.31. The van der Waals surface area contributed by atoms with E-state index in [0.29, 0.717) is 18.3 Å². The van der Waals surface area contributed by atoms with E-state index in [1.54, 1.807) is 10.9 Å². The second kappa shape index (κ2) is 7.49. The molecule has 2 rings (SSSR count). The Balaban J connectivity index is 1.66. The van der Waals surface area contributed by atoms with Crippen molar-refractivity contribution in [2.75, 3.05) is 31.6 Å². The van der Waals surface area contributed by atoms with Gasteiger partial charge in [0, 0.05) is 19.6 Å². The van der Waals surface area contributed by atoms with Gasteiger partial charge >= 0.3 is 0 Å². The summed E-state index contributed by atoms with van der Waals surface area (Å²) in [6.07, 6.45) is 7.23. The van der Waals surface area contributed by atoms with Gasteiger partial charge in [0.25, 0.3) is 5.91 Å². The molecule has 1 aliphatic heterocycles. The summed E-state index contributed by atoms with van der Waals surface area (Å²) in [6.45, 7) is 2.52. The Bertz CT molecular complexity index is 405. The molecule has 1 saturated heterocycles. The molecule has 7 heteroatoms. The van der Waals surface area contributed by atoms with E-state index in [1.165, 1.54) is 12.2 Å². The van der Waals surface area contributed by atoms with Crippen LogP contribution in [0.4, 0.5) is 0 Å². The third-order valence-electron chi connectivity index (χ3n) is 3.19. The summed E-state index contributed by atoms with van der Waals surface area (Å²) < 4.78 is 1.77. The van der Waals surface area contributed by atoms with Crippen LogP contribution in [-0.4, -0.2) is 52.5 Å². The predicted octanol–water partition coefficient (Wildman–Crippen LogP) is 0.685. The van der Waals surface area contributed by atoms with Gasteiger partial charge in [-0.2, -0.15) is 11.8 Å². The Morgan fingerprint density at radius 3 is 3.05 bits per heavy atom. The number of hydrogen-bond donors (Lipinski definition) is 2. The molecule has 0 radical (unpaired) electrons. The molecule has 106 valence electrons. The van der Waals surface area contributed by atoms with E-state index in [1.807, 2.05) is 11.8 Å². The number of thioether (sulfide) groups is 1. The normalized spacial score (nSPS) is 15.2. The molecule has 6 nitrogen and oxygen atoms in total. The lowest BCUT2D eigenvalue weighted by Crippen LogP contribution is -2.43. The maximum atomic E-state index is 11.8. The molecule has 0 aromatic carbocycles. The highest BCUT2D eigenvalue weighted by atomic mass is 32.2. The second-order valence-corrected chi connectivity index (χ2v) is 5.69. The van der Waals surface area contributed by atoms with Crippen LogP contribution in [-0.2, 0) is 0 Å². The van der Waals surface area contributed by atoms with Crippen LogP contribution >= 0.6 is 11.8 Å². The fraction of sp³-hybridized carbons (Fsp3) is 0.750. The van der Waals surface area contributed by atoms with Gasteiger partial charge in [0.05, 0.1) is 12.2 Å². The number of rotatable bonds is 8. The average Bonchev–Trinajstić information content (AvgIpc) is 2.80. The standard InChI is InChI=1S/C12H21N5OS/c1-19-6-4-2-3-5-14-12(18)11-9-17(16-15-11)10-7-13-8-10/h9-10,13H,2-8H2,1H3,(H,14,18). The van der Waals surface area contributed by atoms with Gasteiger partial charge in [-0.25, -0.2) is 4.68 Å². The monoisotopic (exact) mass is 283 g/mol. The van der Waals surface area contributed by atoms with Crippen molar-refractivity contribution >= 4 is 17.7 Å². The van der Waals surface area contributed by atoms with Crippen molar-refractivity contribution in [1.29, 1.82) is 0 Å². The van der Waals surface area contributed by atoms with Gasteiger partial charge in [-0.15, -0.1) is 5.10 Å². The van der Waals surface area contributed by atoms with Gasteiger partial charge in [0.2, 0.25) is 0 Å². The smallest absolute Gasteiger partial charge is 0.273 e. The summed E-state index contributed by atoms with van der Waals surface area (Å²) in [7, 11) is 0. The van der Waals surface area contributed by atoms with E-state index >= 15 is 0 Å². The Morgan fingerprint density at radius 1 is 1.53 bits per heavy atom. The van der Waals surface area contributed by atoms with E-state index in [4.69, 9.17) is 0 Å². The fourth-order valence-electron chi connectivity index (χ4n) is 1.86. The highest BCUT2D eigenvalue weighted by Crippen LogP contribution is 2.09. The maximum Gasteiger partial charge on any atom is 0.273 e. The first kappa shape index (κ1) is 14.3. The largest absolute Gasteiger partial charge is 0.351 e. The first-order valence-electron chi connectivity index (χ1n) is 6.71. The summed E-state index contributed by atoms with van der Waals surface area (Å²) in [5, 5.41) is 14.0. The van der Waals surface area contributed by atoms with Gasteiger partial charge in [0.1, 0.15) is 0 Å². The summed E-state index contributed by atoms with van der Waals surface area (Å²) >= 11 is 1.86. The summed E-state index contributed by atoms with van der Waals surface area (Å²) in [4.78, 5) is 11.8. The Hall–Kier alpha value is -1.08. The first-order valence-corrected chi connectivity index (χ1v) is 8.10. The maximum absolute atomic E-state index is 11.8. The summed E-state index contributed by atoms with van der Waals surface area (Å²) in [6, 6.07) is 0.348. The molecule has 1 aromatic rings. The molecular weight excluding hydrogens is 262 g/mol. The molecule has 0 spiro atoms. The number of nitrogens with zero attached hydrogens (tertiary/aromatic N) is 3. The van der Waals surface area contributed by atoms with Gasteiger partial charge in [-0.05, 0) is 24.9 Å². The average molecular weight is 283 g/mol. The van der Waals surface area contributed by atoms with Crippen molar-refractivity contribution < 1.29 is 4.79 Å². The molecular formula is C12H21N5OS. The van der Waals surface area contributed by atoms with E-state index in [-0.39, 0.29) is 5.91 Å². The highest BCUT2D eigenvalue weighted by Gasteiger charge is 2.21. The third kappa shape index (κ3) is 4.21. The topological polar surface area (TPSA) is 71.8 Å². The number of aromatic nitrogens is 3. The van der Waals surface area contributed by atoms with Crippen LogP contribution < -0.4 is 10.6 Å². The number of unbranched alkanes of at least 4 members (excludes halogenated alkanes) is 2. The van der Waals surface area contributed by atoms with Crippen LogP contribution in [0.1, 0.15) is 35.8 Å². The lowest BCUT2D eigenvalue weighted by molar-refractivity contribution is 0.0948. The molecule has 0 aliphatic carbocycles. The molecule has 0 saturated carbocycles. The van der Waals surface area contributed by atoms with Crippen molar-refractivity contribution in [2.45, 2.75) is 25.3 Å². The van der Waals surface area contributed by atoms with E-state index < -0.39 is 0 Å².